The van der Waals surface area contributed by atoms with E-state index in [4.69, 9.17) is 0 Å². The van der Waals surface area contributed by atoms with Crippen molar-refractivity contribution in [1.29, 1.82) is 0 Å². The van der Waals surface area contributed by atoms with Gasteiger partial charge in [0.05, 0.1) is 12.3 Å². The highest BCUT2D eigenvalue weighted by Crippen LogP contribution is 2.23. The molecule has 2 N–H and O–H groups in total. The highest BCUT2D eigenvalue weighted by Gasteiger charge is 2.16. The van der Waals surface area contributed by atoms with Crippen LogP contribution in [0, 0.1) is 6.92 Å². The SMILES string of the molecule is CCOC(=O)NS(=O)(=O)Nc1ccc(C)cc1Br. The molecule has 0 aliphatic heterocycles. The molecular formula is C10H13BrN2O4S. The van der Waals surface area contributed by atoms with Crippen molar-refractivity contribution < 1.29 is 17.9 Å². The van der Waals surface area contributed by atoms with Crippen molar-refractivity contribution in [3.05, 3.63) is 28.2 Å². The van der Waals surface area contributed by atoms with Crippen molar-refractivity contribution in [3.63, 3.8) is 0 Å². The Morgan fingerprint density at radius 2 is 2.11 bits per heavy atom. The summed E-state index contributed by atoms with van der Waals surface area (Å²) in [6.07, 6.45) is -1.02. The van der Waals surface area contributed by atoms with E-state index in [0.29, 0.717) is 10.2 Å². The highest BCUT2D eigenvalue weighted by molar-refractivity contribution is 9.10. The summed E-state index contributed by atoms with van der Waals surface area (Å²) < 4.78 is 32.2. The fourth-order valence-electron chi connectivity index (χ4n) is 1.14. The van der Waals surface area contributed by atoms with E-state index >= 15 is 0 Å². The van der Waals surface area contributed by atoms with E-state index in [-0.39, 0.29) is 6.61 Å². The molecule has 0 spiro atoms. The summed E-state index contributed by atoms with van der Waals surface area (Å²) in [5, 5.41) is 0. The number of anilines is 1. The number of nitrogens with one attached hydrogen (secondary N) is 2. The van der Waals surface area contributed by atoms with Crippen LogP contribution in [0.2, 0.25) is 0 Å². The zero-order valence-corrected chi connectivity index (χ0v) is 12.3. The van der Waals surface area contributed by atoms with Crippen molar-refractivity contribution in [2.24, 2.45) is 0 Å². The lowest BCUT2D eigenvalue weighted by atomic mass is 10.2. The number of aryl methyl sites for hydroxylation is 1. The Bertz CT molecular complexity index is 545. The monoisotopic (exact) mass is 336 g/mol. The Labute approximate surface area is 114 Å². The second-order valence-electron chi connectivity index (χ2n) is 3.41. The van der Waals surface area contributed by atoms with Gasteiger partial charge < -0.3 is 4.74 Å². The molecule has 0 atom stereocenters. The van der Waals surface area contributed by atoms with E-state index in [1.165, 1.54) is 0 Å². The number of carbonyl (C=O) groups excluding carboxylic acids is 1. The Morgan fingerprint density at radius 3 is 2.67 bits per heavy atom. The van der Waals surface area contributed by atoms with Crippen LogP contribution in [0.25, 0.3) is 0 Å². The molecule has 100 valence electrons. The van der Waals surface area contributed by atoms with Gasteiger partial charge in [0.2, 0.25) is 0 Å². The number of benzene rings is 1. The molecule has 0 bridgehead atoms. The van der Waals surface area contributed by atoms with Crippen LogP contribution in [0.4, 0.5) is 10.5 Å². The minimum absolute atomic E-state index is 0.0928. The standard InChI is InChI=1S/C10H13BrN2O4S/c1-3-17-10(14)13-18(15,16)12-9-5-4-7(2)6-8(9)11/h4-6,12H,3H2,1-2H3,(H,13,14). The number of carbonyl (C=O) groups is 1. The van der Waals surface area contributed by atoms with Gasteiger partial charge in [-0.15, -0.1) is 0 Å². The summed E-state index contributed by atoms with van der Waals surface area (Å²) in [6, 6.07) is 5.08. The van der Waals surface area contributed by atoms with Gasteiger partial charge in [-0.25, -0.2) is 9.52 Å². The molecule has 0 fully saturated rings. The van der Waals surface area contributed by atoms with Crippen LogP contribution in [0.1, 0.15) is 12.5 Å². The molecule has 0 saturated heterocycles. The number of halogens is 1. The van der Waals surface area contributed by atoms with E-state index in [1.807, 2.05) is 6.92 Å². The number of hydrogen-bond donors (Lipinski definition) is 2. The van der Waals surface area contributed by atoms with Crippen LogP contribution in [0.3, 0.4) is 0 Å². The molecule has 0 heterocycles. The summed E-state index contributed by atoms with van der Waals surface area (Å²) in [5.74, 6) is 0. The molecular weight excluding hydrogens is 324 g/mol. The second-order valence-corrected chi connectivity index (χ2v) is 5.68. The van der Waals surface area contributed by atoms with Crippen LogP contribution in [0.5, 0.6) is 0 Å². The fraction of sp³-hybridized carbons (Fsp3) is 0.300. The number of hydrogen-bond acceptors (Lipinski definition) is 4. The maximum Gasteiger partial charge on any atom is 0.422 e. The zero-order chi connectivity index (χ0) is 13.8. The summed E-state index contributed by atoms with van der Waals surface area (Å²) in [5.41, 5.74) is 1.31. The Hall–Kier alpha value is -1.28. The molecule has 0 aliphatic rings. The van der Waals surface area contributed by atoms with E-state index in [2.05, 4.69) is 25.4 Å². The first-order chi connectivity index (χ1) is 8.34. The van der Waals surface area contributed by atoms with Gasteiger partial charge in [0, 0.05) is 4.47 Å². The number of amides is 1. The average Bonchev–Trinajstić information content (AvgIpc) is 2.21. The molecule has 18 heavy (non-hydrogen) atoms. The molecule has 8 heteroatoms. The van der Waals surface area contributed by atoms with Gasteiger partial charge >= 0.3 is 16.3 Å². The Balaban J connectivity index is 2.79. The van der Waals surface area contributed by atoms with Crippen LogP contribution < -0.4 is 9.44 Å². The van der Waals surface area contributed by atoms with Crippen LogP contribution in [-0.4, -0.2) is 21.1 Å². The summed E-state index contributed by atoms with van der Waals surface area (Å²) in [6.45, 7) is 3.55. The van der Waals surface area contributed by atoms with Crippen molar-refractivity contribution >= 4 is 37.9 Å². The molecule has 1 aromatic carbocycles. The third-order valence-corrected chi connectivity index (χ3v) is 3.44. The molecule has 0 aliphatic carbocycles. The first kappa shape index (κ1) is 14.8. The van der Waals surface area contributed by atoms with E-state index < -0.39 is 16.3 Å². The summed E-state index contributed by atoms with van der Waals surface area (Å²) in [4.78, 5) is 11.0. The molecule has 1 aromatic rings. The molecule has 1 rings (SSSR count). The van der Waals surface area contributed by atoms with Crippen molar-refractivity contribution in [2.75, 3.05) is 11.3 Å². The van der Waals surface area contributed by atoms with Gasteiger partial charge in [-0.3, -0.25) is 4.72 Å². The lowest BCUT2D eigenvalue weighted by molar-refractivity contribution is 0.159. The molecule has 0 saturated carbocycles. The van der Waals surface area contributed by atoms with Gasteiger partial charge in [-0.05, 0) is 47.5 Å². The van der Waals surface area contributed by atoms with Gasteiger partial charge in [0.1, 0.15) is 0 Å². The second kappa shape index (κ2) is 6.05. The topological polar surface area (TPSA) is 84.5 Å². The number of rotatable bonds is 4. The zero-order valence-electron chi connectivity index (χ0n) is 9.86. The number of ether oxygens (including phenoxy) is 1. The first-order valence-electron chi connectivity index (χ1n) is 5.07. The van der Waals surface area contributed by atoms with Crippen molar-refractivity contribution in [1.82, 2.24) is 4.72 Å². The van der Waals surface area contributed by atoms with Crippen molar-refractivity contribution in [3.8, 4) is 0 Å². The molecule has 6 nitrogen and oxygen atoms in total. The molecule has 1 amide bonds. The van der Waals surface area contributed by atoms with Gasteiger partial charge in [0.15, 0.2) is 0 Å². The molecule has 0 radical (unpaired) electrons. The highest BCUT2D eigenvalue weighted by atomic mass is 79.9. The summed E-state index contributed by atoms with van der Waals surface area (Å²) in [7, 11) is -4.00. The minimum Gasteiger partial charge on any atom is -0.449 e. The maximum atomic E-state index is 11.6. The first-order valence-corrected chi connectivity index (χ1v) is 7.35. The normalized spacial score (nSPS) is 10.8. The third-order valence-electron chi connectivity index (χ3n) is 1.86. The average molecular weight is 337 g/mol. The van der Waals surface area contributed by atoms with Crippen molar-refractivity contribution in [2.45, 2.75) is 13.8 Å². The fourth-order valence-corrected chi connectivity index (χ4v) is 2.66. The van der Waals surface area contributed by atoms with E-state index in [9.17, 15) is 13.2 Å². The summed E-state index contributed by atoms with van der Waals surface area (Å²) >= 11 is 3.23. The smallest absolute Gasteiger partial charge is 0.422 e. The lowest BCUT2D eigenvalue weighted by Crippen LogP contribution is -2.35. The van der Waals surface area contributed by atoms with Crippen LogP contribution in [0.15, 0.2) is 22.7 Å². The quantitative estimate of drug-likeness (QED) is 0.882. The van der Waals surface area contributed by atoms with Crippen LogP contribution >= 0.6 is 15.9 Å². The predicted molar refractivity (Wildman–Crippen MR) is 71.6 cm³/mol. The minimum atomic E-state index is -4.00. The largest absolute Gasteiger partial charge is 0.449 e. The van der Waals surface area contributed by atoms with Gasteiger partial charge in [0.25, 0.3) is 0 Å². The Morgan fingerprint density at radius 1 is 1.44 bits per heavy atom. The third kappa shape index (κ3) is 4.53. The van der Waals surface area contributed by atoms with E-state index in [0.717, 1.165) is 5.56 Å². The van der Waals surface area contributed by atoms with Gasteiger partial charge in [-0.1, -0.05) is 6.07 Å². The maximum absolute atomic E-state index is 11.6. The lowest BCUT2D eigenvalue weighted by Gasteiger charge is -2.10. The Kier molecular flexibility index (Phi) is 4.97. The molecule has 0 unspecified atom stereocenters. The molecule has 0 aromatic heterocycles. The predicted octanol–water partition coefficient (Wildman–Crippen LogP) is 2.16. The van der Waals surface area contributed by atoms with E-state index in [1.54, 1.807) is 29.8 Å². The van der Waals surface area contributed by atoms with Crippen LogP contribution in [-0.2, 0) is 14.9 Å². The van der Waals surface area contributed by atoms with Gasteiger partial charge in [-0.2, -0.15) is 8.42 Å².